The Bertz CT molecular complexity index is 668. The summed E-state index contributed by atoms with van der Waals surface area (Å²) in [6, 6.07) is 14.4. The Morgan fingerprint density at radius 2 is 1.82 bits per heavy atom. The zero-order chi connectivity index (χ0) is 11.8. The average molecular weight is 287 g/mol. The maximum atomic E-state index is 4.50. The van der Waals surface area contributed by atoms with Crippen molar-refractivity contribution in [3.05, 3.63) is 58.8 Å². The molecular weight excluding hydrogens is 276 g/mol. The van der Waals surface area contributed by atoms with Gasteiger partial charge in [0.1, 0.15) is 5.82 Å². The van der Waals surface area contributed by atoms with Gasteiger partial charge in [0.2, 0.25) is 0 Å². The fourth-order valence-electron chi connectivity index (χ4n) is 2.02. The molecule has 0 saturated carbocycles. The van der Waals surface area contributed by atoms with Gasteiger partial charge in [-0.15, -0.1) is 0 Å². The van der Waals surface area contributed by atoms with E-state index in [1.165, 1.54) is 5.69 Å². The lowest BCUT2D eigenvalue weighted by Crippen LogP contribution is -1.93. The van der Waals surface area contributed by atoms with Crippen LogP contribution < -0.4 is 0 Å². The third kappa shape index (κ3) is 1.76. The minimum Gasteiger partial charge on any atom is -0.297 e. The van der Waals surface area contributed by atoms with Gasteiger partial charge in [-0.25, -0.2) is 4.98 Å². The van der Waals surface area contributed by atoms with Crippen molar-refractivity contribution in [3.63, 3.8) is 0 Å². The highest BCUT2D eigenvalue weighted by atomic mass is 79.9. The second-order valence-electron chi connectivity index (χ2n) is 4.02. The number of nitrogens with zero attached hydrogens (tertiary/aromatic N) is 2. The monoisotopic (exact) mass is 286 g/mol. The van der Waals surface area contributed by atoms with E-state index in [0.717, 1.165) is 21.4 Å². The molecule has 2 aromatic heterocycles. The smallest absolute Gasteiger partial charge is 0.144 e. The summed E-state index contributed by atoms with van der Waals surface area (Å²) in [6.45, 7) is 2.09. The molecule has 3 rings (SSSR count). The van der Waals surface area contributed by atoms with Crippen molar-refractivity contribution in [2.75, 3.05) is 0 Å². The summed E-state index contributed by atoms with van der Waals surface area (Å²) in [5.41, 5.74) is 3.45. The summed E-state index contributed by atoms with van der Waals surface area (Å²) in [6.07, 6.45) is 1.91. The van der Waals surface area contributed by atoms with E-state index in [-0.39, 0.29) is 0 Å². The molecule has 0 atom stereocenters. The number of aromatic nitrogens is 2. The van der Waals surface area contributed by atoms with Crippen LogP contribution in [0.25, 0.3) is 16.9 Å². The first kappa shape index (κ1) is 10.5. The molecule has 3 heteroatoms. The highest BCUT2D eigenvalue weighted by Gasteiger charge is 2.07. The van der Waals surface area contributed by atoms with Gasteiger partial charge in [0, 0.05) is 15.7 Å². The van der Waals surface area contributed by atoms with E-state index in [1.54, 1.807) is 0 Å². The molecule has 2 nitrogen and oxygen atoms in total. The predicted molar refractivity (Wildman–Crippen MR) is 73.1 cm³/mol. The number of hydrogen-bond acceptors (Lipinski definition) is 1. The lowest BCUT2D eigenvalue weighted by atomic mass is 10.2. The number of imidazole rings is 1. The van der Waals surface area contributed by atoms with Gasteiger partial charge in [-0.05, 0) is 31.2 Å². The van der Waals surface area contributed by atoms with E-state index >= 15 is 0 Å². The fraction of sp³-hybridized carbons (Fsp3) is 0.0714. The van der Waals surface area contributed by atoms with Crippen LogP contribution in [0.3, 0.4) is 0 Å². The molecule has 0 aliphatic rings. The molecular formula is C14H11BrN2. The van der Waals surface area contributed by atoms with E-state index in [9.17, 15) is 0 Å². The highest BCUT2D eigenvalue weighted by Crippen LogP contribution is 2.23. The number of hydrogen-bond donors (Lipinski definition) is 0. The number of pyridine rings is 1. The Hall–Kier alpha value is -1.61. The maximum Gasteiger partial charge on any atom is 0.144 e. The Kier molecular flexibility index (Phi) is 2.48. The first-order valence-electron chi connectivity index (χ1n) is 5.45. The van der Waals surface area contributed by atoms with Crippen LogP contribution in [0, 0.1) is 6.92 Å². The Balaban J connectivity index is 2.27. The standard InChI is InChI=1S/C14H11BrN2/c1-10-3-2-4-13-9-16-14(17(10)13)11-5-7-12(15)8-6-11/h2-9H,1H3. The normalized spacial score (nSPS) is 10.9. The quantitative estimate of drug-likeness (QED) is 0.659. The summed E-state index contributed by atoms with van der Waals surface area (Å²) >= 11 is 3.45. The second-order valence-corrected chi connectivity index (χ2v) is 4.93. The lowest BCUT2D eigenvalue weighted by Gasteiger charge is -2.05. The van der Waals surface area contributed by atoms with E-state index < -0.39 is 0 Å². The molecule has 0 fully saturated rings. The molecule has 0 unspecified atom stereocenters. The van der Waals surface area contributed by atoms with E-state index in [1.807, 2.05) is 18.3 Å². The van der Waals surface area contributed by atoms with Crippen molar-refractivity contribution < 1.29 is 0 Å². The summed E-state index contributed by atoms with van der Waals surface area (Å²) in [7, 11) is 0. The van der Waals surface area contributed by atoms with Crippen LogP contribution in [0.15, 0.2) is 53.1 Å². The summed E-state index contributed by atoms with van der Waals surface area (Å²) in [4.78, 5) is 4.50. The van der Waals surface area contributed by atoms with Gasteiger partial charge in [-0.1, -0.05) is 34.1 Å². The van der Waals surface area contributed by atoms with Gasteiger partial charge in [0.25, 0.3) is 0 Å². The zero-order valence-electron chi connectivity index (χ0n) is 9.39. The molecule has 0 bridgehead atoms. The molecule has 0 aliphatic heterocycles. The first-order chi connectivity index (χ1) is 8.25. The predicted octanol–water partition coefficient (Wildman–Crippen LogP) is 4.07. The number of benzene rings is 1. The van der Waals surface area contributed by atoms with Gasteiger partial charge in [0.15, 0.2) is 0 Å². The lowest BCUT2D eigenvalue weighted by molar-refractivity contribution is 1.08. The van der Waals surface area contributed by atoms with Crippen LogP contribution >= 0.6 is 15.9 Å². The molecule has 0 amide bonds. The van der Waals surface area contributed by atoms with E-state index in [4.69, 9.17) is 0 Å². The number of fused-ring (bicyclic) bond motifs is 1. The minimum atomic E-state index is 0.991. The summed E-state index contributed by atoms with van der Waals surface area (Å²) in [5.74, 6) is 0.991. The van der Waals surface area contributed by atoms with Crippen molar-refractivity contribution in [1.29, 1.82) is 0 Å². The molecule has 3 aromatic rings. The fourth-order valence-corrected chi connectivity index (χ4v) is 2.28. The van der Waals surface area contributed by atoms with Gasteiger partial charge < -0.3 is 0 Å². The molecule has 0 aliphatic carbocycles. The van der Waals surface area contributed by atoms with Crippen molar-refractivity contribution >= 4 is 21.4 Å². The number of rotatable bonds is 1. The van der Waals surface area contributed by atoms with Crippen LogP contribution in [-0.2, 0) is 0 Å². The van der Waals surface area contributed by atoms with Gasteiger partial charge in [0.05, 0.1) is 11.7 Å². The number of aryl methyl sites for hydroxylation is 1. The van der Waals surface area contributed by atoms with Crippen molar-refractivity contribution in [1.82, 2.24) is 9.38 Å². The van der Waals surface area contributed by atoms with Gasteiger partial charge in [-0.2, -0.15) is 0 Å². The Morgan fingerprint density at radius 3 is 2.59 bits per heavy atom. The summed E-state index contributed by atoms with van der Waals surface area (Å²) < 4.78 is 3.25. The van der Waals surface area contributed by atoms with Gasteiger partial charge >= 0.3 is 0 Å². The highest BCUT2D eigenvalue weighted by molar-refractivity contribution is 9.10. The third-order valence-corrected chi connectivity index (χ3v) is 3.38. The van der Waals surface area contributed by atoms with Crippen molar-refractivity contribution in [2.24, 2.45) is 0 Å². The third-order valence-electron chi connectivity index (χ3n) is 2.85. The SMILES string of the molecule is Cc1cccc2cnc(-c3ccc(Br)cc3)n12. The van der Waals surface area contributed by atoms with E-state index in [0.29, 0.717) is 0 Å². The largest absolute Gasteiger partial charge is 0.297 e. The van der Waals surface area contributed by atoms with Crippen LogP contribution in [0.2, 0.25) is 0 Å². The van der Waals surface area contributed by atoms with Crippen LogP contribution in [0.1, 0.15) is 5.69 Å². The molecule has 0 N–H and O–H groups in total. The Morgan fingerprint density at radius 1 is 1.06 bits per heavy atom. The van der Waals surface area contributed by atoms with Crippen LogP contribution in [-0.4, -0.2) is 9.38 Å². The van der Waals surface area contributed by atoms with Crippen molar-refractivity contribution in [3.8, 4) is 11.4 Å². The minimum absolute atomic E-state index is 0.991. The van der Waals surface area contributed by atoms with Crippen LogP contribution in [0.4, 0.5) is 0 Å². The Labute approximate surface area is 108 Å². The topological polar surface area (TPSA) is 17.3 Å². The molecule has 84 valence electrons. The van der Waals surface area contributed by atoms with Crippen molar-refractivity contribution in [2.45, 2.75) is 6.92 Å². The van der Waals surface area contributed by atoms with E-state index in [2.05, 4.69) is 62.6 Å². The zero-order valence-corrected chi connectivity index (χ0v) is 11.0. The van der Waals surface area contributed by atoms with Crippen LogP contribution in [0.5, 0.6) is 0 Å². The molecule has 0 spiro atoms. The molecule has 0 saturated heterocycles. The van der Waals surface area contributed by atoms with Gasteiger partial charge in [-0.3, -0.25) is 4.40 Å². The molecule has 2 heterocycles. The average Bonchev–Trinajstić information content (AvgIpc) is 2.75. The molecule has 17 heavy (non-hydrogen) atoms. The molecule has 0 radical (unpaired) electrons. The maximum absolute atomic E-state index is 4.50. The summed E-state index contributed by atoms with van der Waals surface area (Å²) in [5, 5.41) is 0. The number of halogens is 1. The second kappa shape index (κ2) is 4.00. The molecule has 1 aromatic carbocycles. The first-order valence-corrected chi connectivity index (χ1v) is 6.24.